The third-order valence-corrected chi connectivity index (χ3v) is 5.16. The maximum atomic E-state index is 12.8. The Morgan fingerprint density at radius 3 is 2.50 bits per heavy atom. The number of aryl methyl sites for hydroxylation is 1. The second kappa shape index (κ2) is 7.00. The first-order valence-corrected chi connectivity index (χ1v) is 8.66. The first-order chi connectivity index (χ1) is 12.1. The summed E-state index contributed by atoms with van der Waals surface area (Å²) in [4.78, 5) is 19.5. The van der Waals surface area contributed by atoms with Gasteiger partial charge in [0.05, 0.1) is 0 Å². The molecule has 3 N–H and O–H groups in total. The largest absolute Gasteiger partial charge is 0.383 e. The Hall–Kier alpha value is -2.53. The Kier molecular flexibility index (Phi) is 4.92. The number of fused-ring (bicyclic) bond motifs is 1. The van der Waals surface area contributed by atoms with E-state index in [1.807, 2.05) is 60.4 Å². The second-order valence-corrected chi connectivity index (χ2v) is 6.81. The summed E-state index contributed by atoms with van der Waals surface area (Å²) in [5.74, 6) is 0.675. The fourth-order valence-corrected chi connectivity index (χ4v) is 3.68. The third kappa shape index (κ3) is 3.15. The van der Waals surface area contributed by atoms with Crippen LogP contribution in [0.3, 0.4) is 0 Å². The molecule has 2 aromatic carbocycles. The quantitative estimate of drug-likeness (QED) is 0.809. The summed E-state index contributed by atoms with van der Waals surface area (Å²) in [5.41, 5.74) is 9.55. The zero-order valence-electron chi connectivity index (χ0n) is 14.7. The Bertz CT molecular complexity index is 856. The van der Waals surface area contributed by atoms with Crippen molar-refractivity contribution in [3.63, 3.8) is 0 Å². The summed E-state index contributed by atoms with van der Waals surface area (Å²) in [5, 5.41) is 3.55. The number of carbonyl (C=O) groups is 1. The minimum atomic E-state index is -0.402. The van der Waals surface area contributed by atoms with Crippen molar-refractivity contribution in [1.29, 1.82) is 0 Å². The van der Waals surface area contributed by atoms with Crippen molar-refractivity contribution in [2.75, 3.05) is 18.4 Å². The van der Waals surface area contributed by atoms with Crippen molar-refractivity contribution in [3.05, 3.63) is 65.2 Å². The molecule has 0 unspecified atom stereocenters. The smallest absolute Gasteiger partial charge is 0.254 e. The van der Waals surface area contributed by atoms with E-state index in [9.17, 15) is 4.79 Å². The Morgan fingerprint density at radius 1 is 1.12 bits per heavy atom. The molecule has 2 heterocycles. The predicted octanol–water partition coefficient (Wildman–Crippen LogP) is 3.18. The zero-order valence-corrected chi connectivity index (χ0v) is 15.6. The molecule has 1 saturated heterocycles. The molecule has 0 saturated carbocycles. The van der Waals surface area contributed by atoms with E-state index in [2.05, 4.69) is 5.32 Å². The molecular formula is C20H23ClN4O. The number of hydrogen-bond donors (Lipinski definition) is 2. The molecule has 0 aromatic heterocycles. The van der Waals surface area contributed by atoms with E-state index in [0.29, 0.717) is 18.9 Å². The first-order valence-electron chi connectivity index (χ1n) is 8.66. The number of rotatable bonds is 1. The Labute approximate surface area is 159 Å². The second-order valence-electron chi connectivity index (χ2n) is 6.81. The van der Waals surface area contributed by atoms with E-state index < -0.39 is 5.66 Å². The number of aliphatic imine (C=N–C) groups is 1. The predicted molar refractivity (Wildman–Crippen MR) is 107 cm³/mol. The molecule has 0 bridgehead atoms. The van der Waals surface area contributed by atoms with Gasteiger partial charge in [-0.2, -0.15) is 0 Å². The average Bonchev–Trinajstić information content (AvgIpc) is 2.62. The third-order valence-electron chi connectivity index (χ3n) is 5.16. The zero-order chi connectivity index (χ0) is 17.4. The standard InChI is InChI=1S/C20H22N4O.ClH/c1-14-6-2-3-7-15(14)19(25)24-12-10-20(11-13-24)22-17-9-5-4-8-16(17)18(21)23-20;/h2-9,22H,10-13H2,1H3,(H2,21,23);1H. The van der Waals surface area contributed by atoms with Crippen molar-refractivity contribution < 1.29 is 4.79 Å². The normalized spacial score (nSPS) is 17.6. The maximum absolute atomic E-state index is 12.8. The molecule has 0 radical (unpaired) electrons. The van der Waals surface area contributed by atoms with Gasteiger partial charge in [0.25, 0.3) is 5.91 Å². The van der Waals surface area contributed by atoms with Gasteiger partial charge in [0.15, 0.2) is 0 Å². The number of para-hydroxylation sites is 1. The summed E-state index contributed by atoms with van der Waals surface area (Å²) in [6.45, 7) is 3.31. The number of piperidine rings is 1. The number of carbonyl (C=O) groups excluding carboxylic acids is 1. The van der Waals surface area contributed by atoms with E-state index in [1.165, 1.54) is 0 Å². The van der Waals surface area contributed by atoms with E-state index in [-0.39, 0.29) is 18.3 Å². The van der Waals surface area contributed by atoms with Crippen LogP contribution >= 0.6 is 12.4 Å². The van der Waals surface area contributed by atoms with Crippen molar-refractivity contribution >= 4 is 29.8 Å². The number of benzene rings is 2. The molecule has 5 nitrogen and oxygen atoms in total. The lowest BCUT2D eigenvalue weighted by Gasteiger charge is -2.42. The van der Waals surface area contributed by atoms with Crippen LogP contribution in [0.25, 0.3) is 0 Å². The van der Waals surface area contributed by atoms with Crippen molar-refractivity contribution in [2.45, 2.75) is 25.4 Å². The highest BCUT2D eigenvalue weighted by molar-refractivity contribution is 6.04. The number of amides is 1. The molecule has 1 amide bonds. The lowest BCUT2D eigenvalue weighted by Crippen LogP contribution is -2.52. The first kappa shape index (κ1) is 18.3. The molecule has 26 heavy (non-hydrogen) atoms. The van der Waals surface area contributed by atoms with Gasteiger partial charge < -0.3 is 16.0 Å². The topological polar surface area (TPSA) is 70.7 Å². The minimum Gasteiger partial charge on any atom is -0.383 e. The number of nitrogens with zero attached hydrogens (tertiary/aromatic N) is 2. The lowest BCUT2D eigenvalue weighted by molar-refractivity contribution is 0.0685. The van der Waals surface area contributed by atoms with Crippen molar-refractivity contribution in [2.24, 2.45) is 10.7 Å². The van der Waals surface area contributed by atoms with Crippen LogP contribution in [0.4, 0.5) is 5.69 Å². The molecule has 1 spiro atoms. The van der Waals surface area contributed by atoms with Crippen LogP contribution in [0.2, 0.25) is 0 Å². The molecule has 0 aliphatic carbocycles. The highest BCUT2D eigenvalue weighted by Crippen LogP contribution is 2.34. The number of amidine groups is 1. The fraction of sp³-hybridized carbons (Fsp3) is 0.300. The fourth-order valence-electron chi connectivity index (χ4n) is 3.68. The number of nitrogens with two attached hydrogens (primary N) is 1. The molecule has 136 valence electrons. The van der Waals surface area contributed by atoms with Gasteiger partial charge in [0.1, 0.15) is 11.5 Å². The van der Waals surface area contributed by atoms with Crippen LogP contribution in [-0.4, -0.2) is 35.4 Å². The van der Waals surface area contributed by atoms with Gasteiger partial charge in [-0.05, 0) is 30.7 Å². The summed E-state index contributed by atoms with van der Waals surface area (Å²) in [6.07, 6.45) is 1.50. The van der Waals surface area contributed by atoms with Crippen LogP contribution in [0.5, 0.6) is 0 Å². The van der Waals surface area contributed by atoms with Gasteiger partial charge in [-0.25, -0.2) is 4.99 Å². The monoisotopic (exact) mass is 370 g/mol. The van der Waals surface area contributed by atoms with Crippen LogP contribution < -0.4 is 11.1 Å². The lowest BCUT2D eigenvalue weighted by atomic mass is 9.93. The summed E-state index contributed by atoms with van der Waals surface area (Å²) in [6, 6.07) is 15.7. The Balaban J connectivity index is 0.00000196. The number of nitrogens with one attached hydrogen (secondary N) is 1. The van der Waals surface area contributed by atoms with Crippen molar-refractivity contribution in [1.82, 2.24) is 4.90 Å². The summed E-state index contributed by atoms with van der Waals surface area (Å²) < 4.78 is 0. The summed E-state index contributed by atoms with van der Waals surface area (Å²) in [7, 11) is 0. The average molecular weight is 371 g/mol. The van der Waals surface area contributed by atoms with Gasteiger partial charge in [-0.15, -0.1) is 12.4 Å². The minimum absolute atomic E-state index is 0. The number of anilines is 1. The number of halogens is 1. The highest BCUT2D eigenvalue weighted by atomic mass is 35.5. The van der Waals surface area contributed by atoms with E-state index in [0.717, 1.165) is 35.2 Å². The van der Waals surface area contributed by atoms with Crippen LogP contribution in [0, 0.1) is 6.92 Å². The van der Waals surface area contributed by atoms with Crippen LogP contribution in [0.1, 0.15) is 34.3 Å². The van der Waals surface area contributed by atoms with Crippen molar-refractivity contribution in [3.8, 4) is 0 Å². The van der Waals surface area contributed by atoms with Crippen LogP contribution in [-0.2, 0) is 0 Å². The SMILES string of the molecule is Cc1ccccc1C(=O)N1CCC2(CC1)N=C(N)c1ccccc1N2.Cl. The van der Waals surface area contributed by atoms with Gasteiger partial charge in [-0.3, -0.25) is 4.79 Å². The van der Waals surface area contributed by atoms with Gasteiger partial charge in [-0.1, -0.05) is 30.3 Å². The van der Waals surface area contributed by atoms with Gasteiger partial charge >= 0.3 is 0 Å². The molecule has 2 aromatic rings. The van der Waals surface area contributed by atoms with E-state index in [1.54, 1.807) is 0 Å². The van der Waals surface area contributed by atoms with Gasteiger partial charge in [0.2, 0.25) is 0 Å². The Morgan fingerprint density at radius 2 is 1.77 bits per heavy atom. The van der Waals surface area contributed by atoms with Gasteiger partial charge in [0, 0.05) is 42.7 Å². The van der Waals surface area contributed by atoms with Crippen LogP contribution in [0.15, 0.2) is 53.5 Å². The van der Waals surface area contributed by atoms with E-state index in [4.69, 9.17) is 10.7 Å². The molecule has 0 atom stereocenters. The maximum Gasteiger partial charge on any atom is 0.254 e. The number of likely N-dealkylation sites (tertiary alicyclic amines) is 1. The molecule has 4 rings (SSSR count). The molecule has 2 aliphatic heterocycles. The van der Waals surface area contributed by atoms with E-state index >= 15 is 0 Å². The number of hydrogen-bond acceptors (Lipinski definition) is 4. The highest BCUT2D eigenvalue weighted by Gasteiger charge is 2.38. The summed E-state index contributed by atoms with van der Waals surface area (Å²) >= 11 is 0. The molecular weight excluding hydrogens is 348 g/mol. The molecule has 1 fully saturated rings. The molecule has 6 heteroatoms. The molecule has 2 aliphatic rings.